The van der Waals surface area contributed by atoms with Crippen LogP contribution in [0, 0.1) is 12.7 Å². The molecule has 0 radical (unpaired) electrons. The fourth-order valence-electron chi connectivity index (χ4n) is 5.06. The maximum absolute atomic E-state index is 13.8. The number of aryl methyl sites for hydroxylation is 1. The number of halogens is 1. The highest BCUT2D eigenvalue weighted by atomic mass is 19.1. The zero-order chi connectivity index (χ0) is 30.6. The number of nitrogens with one attached hydrogen (secondary N) is 4. The van der Waals surface area contributed by atoms with E-state index in [2.05, 4.69) is 25.8 Å². The van der Waals surface area contributed by atoms with Gasteiger partial charge in [0.05, 0.1) is 17.2 Å². The van der Waals surface area contributed by atoms with Gasteiger partial charge in [-0.3, -0.25) is 14.4 Å². The van der Waals surface area contributed by atoms with Crippen LogP contribution in [-0.4, -0.2) is 71.0 Å². The lowest BCUT2D eigenvalue weighted by Crippen LogP contribution is -2.40. The first kappa shape index (κ1) is 30.7. The fourth-order valence-corrected chi connectivity index (χ4v) is 5.06. The number of aliphatic hydroxyl groups excluding tert-OH is 1. The molecular weight excluding hydrogens is 537 g/mol. The molecule has 0 saturated heterocycles. The molecule has 9 nitrogen and oxygen atoms in total. The van der Waals surface area contributed by atoms with E-state index in [1.54, 1.807) is 43.3 Å². The van der Waals surface area contributed by atoms with Gasteiger partial charge in [-0.15, -0.1) is 0 Å². The largest absolute Gasteiger partial charge is 0.390 e. The average Bonchev–Trinajstić information content (AvgIpc) is 3.45. The van der Waals surface area contributed by atoms with Crippen molar-refractivity contribution < 1.29 is 23.9 Å². The van der Waals surface area contributed by atoms with Gasteiger partial charge in [-0.25, -0.2) is 4.39 Å². The van der Waals surface area contributed by atoms with Crippen molar-refractivity contribution >= 4 is 35.1 Å². The molecule has 1 atom stereocenters. The molecule has 10 heteroatoms. The molecule has 2 aromatic carbocycles. The number of benzene rings is 2. The number of anilines is 1. The van der Waals surface area contributed by atoms with Crippen LogP contribution in [0.2, 0.25) is 0 Å². The van der Waals surface area contributed by atoms with Gasteiger partial charge in [0.15, 0.2) is 0 Å². The van der Waals surface area contributed by atoms with E-state index in [1.165, 1.54) is 12.1 Å². The fraction of sp³-hybridized carbons (Fsp3) is 0.344. The van der Waals surface area contributed by atoms with Crippen molar-refractivity contribution in [1.82, 2.24) is 20.5 Å². The number of aromatic amines is 1. The molecule has 1 unspecified atom stereocenters. The lowest BCUT2D eigenvalue weighted by atomic mass is 9.97. The second kappa shape index (κ2) is 13.1. The van der Waals surface area contributed by atoms with Gasteiger partial charge in [0.1, 0.15) is 5.82 Å². The lowest BCUT2D eigenvalue weighted by molar-refractivity contribution is -0.110. The maximum atomic E-state index is 13.8. The van der Waals surface area contributed by atoms with Crippen LogP contribution in [-0.2, 0) is 4.79 Å². The Hall–Kier alpha value is -4.28. The van der Waals surface area contributed by atoms with Crippen LogP contribution in [0.25, 0.3) is 22.8 Å². The Morgan fingerprint density at radius 1 is 1.07 bits per heavy atom. The molecule has 3 amide bonds. The number of likely N-dealkylation sites (N-methyl/N-ethyl adjacent to an activating group) is 1. The molecule has 1 aliphatic heterocycles. The van der Waals surface area contributed by atoms with Crippen LogP contribution < -0.4 is 16.0 Å². The van der Waals surface area contributed by atoms with Crippen LogP contribution in [0.4, 0.5) is 10.1 Å². The number of H-pyrrole nitrogens is 1. The van der Waals surface area contributed by atoms with Crippen molar-refractivity contribution in [2.45, 2.75) is 46.8 Å². The minimum absolute atomic E-state index is 0.0518. The van der Waals surface area contributed by atoms with Gasteiger partial charge in [-0.1, -0.05) is 26.0 Å². The van der Waals surface area contributed by atoms with E-state index >= 15 is 0 Å². The van der Waals surface area contributed by atoms with Crippen molar-refractivity contribution in [3.05, 3.63) is 76.4 Å². The van der Waals surface area contributed by atoms with E-state index in [-0.39, 0.29) is 24.4 Å². The highest BCUT2D eigenvalue weighted by molar-refractivity contribution is 6.35. The van der Waals surface area contributed by atoms with Gasteiger partial charge in [0.25, 0.3) is 17.7 Å². The minimum atomic E-state index is -0.760. The third-order valence-corrected chi connectivity index (χ3v) is 7.21. The molecule has 0 aliphatic carbocycles. The average molecular weight is 576 g/mol. The first-order valence-electron chi connectivity index (χ1n) is 14.2. The second-order valence-electron chi connectivity index (χ2n) is 10.7. The van der Waals surface area contributed by atoms with Gasteiger partial charge in [-0.05, 0) is 75.8 Å². The molecular formula is C32H38FN5O4. The molecule has 2 heterocycles. The molecule has 0 bridgehead atoms. The summed E-state index contributed by atoms with van der Waals surface area (Å²) in [4.78, 5) is 44.5. The predicted octanol–water partition coefficient (Wildman–Crippen LogP) is 4.19. The number of hydrogen-bond acceptors (Lipinski definition) is 5. The zero-order valence-electron chi connectivity index (χ0n) is 24.6. The Labute approximate surface area is 245 Å². The van der Waals surface area contributed by atoms with Crippen LogP contribution in [0.5, 0.6) is 0 Å². The summed E-state index contributed by atoms with van der Waals surface area (Å²) in [5.74, 6) is -1.44. The molecule has 1 aliphatic rings. The number of aromatic nitrogens is 1. The highest BCUT2D eigenvalue weighted by Gasteiger charge is 2.28. The minimum Gasteiger partial charge on any atom is -0.390 e. The lowest BCUT2D eigenvalue weighted by Gasteiger charge is -2.22. The molecule has 1 aromatic heterocycles. The summed E-state index contributed by atoms with van der Waals surface area (Å²) < 4.78 is 13.8. The zero-order valence-corrected chi connectivity index (χ0v) is 24.6. The molecule has 0 spiro atoms. The van der Waals surface area contributed by atoms with Crippen molar-refractivity contribution in [1.29, 1.82) is 0 Å². The van der Waals surface area contributed by atoms with E-state index < -0.39 is 17.8 Å². The van der Waals surface area contributed by atoms with Gasteiger partial charge in [0, 0.05) is 52.9 Å². The number of rotatable bonds is 11. The monoisotopic (exact) mass is 575 g/mol. The van der Waals surface area contributed by atoms with E-state index in [0.29, 0.717) is 57.0 Å². The number of nitrogens with zero attached hydrogens (tertiary/aromatic N) is 1. The van der Waals surface area contributed by atoms with E-state index in [4.69, 9.17) is 0 Å². The maximum Gasteiger partial charge on any atom is 0.256 e. The Balaban J connectivity index is 1.74. The number of fused-ring (bicyclic) bond motifs is 1. The summed E-state index contributed by atoms with van der Waals surface area (Å²) in [7, 11) is 0. The number of hydrogen-bond donors (Lipinski definition) is 5. The molecule has 0 saturated carbocycles. The van der Waals surface area contributed by atoms with Crippen LogP contribution in [0.15, 0.2) is 42.5 Å². The molecule has 42 heavy (non-hydrogen) atoms. The summed E-state index contributed by atoms with van der Waals surface area (Å²) in [6, 6.07) is 10.7. The third-order valence-electron chi connectivity index (χ3n) is 7.21. The molecule has 4 rings (SSSR count). The van der Waals surface area contributed by atoms with Crippen LogP contribution in [0.3, 0.4) is 0 Å². The van der Waals surface area contributed by atoms with E-state index in [1.807, 2.05) is 27.7 Å². The van der Waals surface area contributed by atoms with Crippen LogP contribution in [0.1, 0.15) is 65.4 Å². The smallest absolute Gasteiger partial charge is 0.256 e. The summed E-state index contributed by atoms with van der Waals surface area (Å²) >= 11 is 0. The summed E-state index contributed by atoms with van der Waals surface area (Å²) in [6.45, 7) is 11.5. The molecule has 0 fully saturated rings. The van der Waals surface area contributed by atoms with Crippen molar-refractivity contribution in [3.63, 3.8) is 0 Å². The van der Waals surface area contributed by atoms with Gasteiger partial charge < -0.3 is 30.9 Å². The summed E-state index contributed by atoms with van der Waals surface area (Å²) in [5.41, 5.74) is 4.26. The first-order valence-corrected chi connectivity index (χ1v) is 14.2. The molecule has 5 N–H and O–H groups in total. The number of carbonyl (C=O) groups is 3. The Kier molecular flexibility index (Phi) is 9.59. The third kappa shape index (κ3) is 6.78. The Bertz CT molecular complexity index is 1510. The number of amides is 3. The normalized spacial score (nSPS) is 14.3. The number of carbonyl (C=O) groups excluding carboxylic acids is 3. The van der Waals surface area contributed by atoms with E-state index in [0.717, 1.165) is 13.1 Å². The number of aliphatic hydroxyl groups is 1. The highest BCUT2D eigenvalue weighted by Crippen LogP contribution is 2.37. The summed E-state index contributed by atoms with van der Waals surface area (Å²) in [6.07, 6.45) is 0.882. The Morgan fingerprint density at radius 3 is 2.40 bits per heavy atom. The SMILES string of the molecule is CCN(CC)CC(O)CNC(=O)c1c(C)[nH]c(C=C2C(=O)Nc3ccc(C(=O)NC(C)C)cc32)c1-c1ccc(F)cc1. The van der Waals surface area contributed by atoms with Gasteiger partial charge >= 0.3 is 0 Å². The first-order chi connectivity index (χ1) is 20.0. The summed E-state index contributed by atoms with van der Waals surface area (Å²) in [5, 5.41) is 19.0. The van der Waals surface area contributed by atoms with E-state index in [9.17, 15) is 23.9 Å². The van der Waals surface area contributed by atoms with Gasteiger partial charge in [0.2, 0.25) is 0 Å². The predicted molar refractivity (Wildman–Crippen MR) is 163 cm³/mol. The van der Waals surface area contributed by atoms with Crippen LogP contribution >= 0.6 is 0 Å². The van der Waals surface area contributed by atoms with Crippen molar-refractivity contribution in [2.75, 3.05) is 31.5 Å². The molecule has 3 aromatic rings. The van der Waals surface area contributed by atoms with Gasteiger partial charge in [-0.2, -0.15) is 0 Å². The van der Waals surface area contributed by atoms with Crippen molar-refractivity contribution in [2.24, 2.45) is 0 Å². The Morgan fingerprint density at radius 2 is 1.76 bits per heavy atom. The quantitative estimate of drug-likeness (QED) is 0.219. The molecule has 222 valence electrons. The van der Waals surface area contributed by atoms with Crippen molar-refractivity contribution in [3.8, 4) is 11.1 Å². The standard InChI is InChI=1S/C32H38FN5O4/c1-6-38(7-2)17-23(39)16-34-32(42)28-19(5)36-27(29(28)20-8-11-22(33)12-9-20)15-25-24-14-21(30(40)35-18(3)4)10-13-26(24)37-31(25)41/h8-15,18,23,36,39H,6-7,16-17H2,1-5H3,(H,34,42)(H,35,40)(H,37,41). The topological polar surface area (TPSA) is 127 Å². The second-order valence-corrected chi connectivity index (χ2v) is 10.7.